The van der Waals surface area contributed by atoms with Gasteiger partial charge in [0.2, 0.25) is 0 Å². The van der Waals surface area contributed by atoms with Crippen molar-refractivity contribution in [1.29, 1.82) is 0 Å². The second kappa shape index (κ2) is 4.30. The summed E-state index contributed by atoms with van der Waals surface area (Å²) in [6.45, 7) is 0.402. The maximum atomic E-state index is 5.95. The molecule has 2 N–H and O–H groups in total. The number of ether oxygens (including phenoxy) is 1. The Labute approximate surface area is 90.2 Å². The predicted octanol–water partition coefficient (Wildman–Crippen LogP) is 2.41. The molecule has 0 spiro atoms. The third kappa shape index (κ3) is 2.02. The lowest BCUT2D eigenvalue weighted by molar-refractivity contribution is 0.409. The molecular weight excluding hydrogens is 288 g/mol. The minimum Gasteiger partial charge on any atom is -0.496 e. The first kappa shape index (κ1) is 10.1. The Kier molecular flexibility index (Phi) is 3.61. The lowest BCUT2D eigenvalue weighted by atomic mass is 10.2. The van der Waals surface area contributed by atoms with Crippen molar-refractivity contribution in [2.45, 2.75) is 6.54 Å². The number of nitrogens with two attached hydrogens (primary N) is 1. The summed E-state index contributed by atoms with van der Waals surface area (Å²) in [6.07, 6.45) is 0. The van der Waals surface area contributed by atoms with Crippen LogP contribution in [0.15, 0.2) is 12.1 Å². The molecule has 0 aliphatic carbocycles. The van der Waals surface area contributed by atoms with Crippen LogP contribution >= 0.6 is 34.2 Å². The average molecular weight is 298 g/mol. The van der Waals surface area contributed by atoms with E-state index >= 15 is 0 Å². The largest absolute Gasteiger partial charge is 0.496 e. The Morgan fingerprint density at radius 1 is 1.58 bits per heavy atom. The fraction of sp³-hybridized carbons (Fsp3) is 0.250. The van der Waals surface area contributed by atoms with E-state index in [-0.39, 0.29) is 0 Å². The van der Waals surface area contributed by atoms with Gasteiger partial charge >= 0.3 is 0 Å². The van der Waals surface area contributed by atoms with Crippen LogP contribution in [-0.2, 0) is 6.54 Å². The van der Waals surface area contributed by atoms with Crippen molar-refractivity contribution in [3.63, 3.8) is 0 Å². The van der Waals surface area contributed by atoms with Gasteiger partial charge in [0, 0.05) is 20.7 Å². The fourth-order valence-electron chi connectivity index (χ4n) is 0.960. The molecule has 0 unspecified atom stereocenters. The number of rotatable bonds is 2. The predicted molar refractivity (Wildman–Crippen MR) is 58.6 cm³/mol. The van der Waals surface area contributed by atoms with Crippen LogP contribution in [0.3, 0.4) is 0 Å². The van der Waals surface area contributed by atoms with E-state index < -0.39 is 0 Å². The van der Waals surface area contributed by atoms with Crippen LogP contribution in [0.5, 0.6) is 5.75 Å². The van der Waals surface area contributed by atoms with E-state index in [1.54, 1.807) is 7.11 Å². The maximum absolute atomic E-state index is 5.95. The van der Waals surface area contributed by atoms with Gasteiger partial charge < -0.3 is 10.5 Å². The molecule has 0 saturated carbocycles. The molecule has 0 aliphatic rings. The van der Waals surface area contributed by atoms with Gasteiger partial charge in [-0.2, -0.15) is 0 Å². The van der Waals surface area contributed by atoms with E-state index in [2.05, 4.69) is 22.6 Å². The van der Waals surface area contributed by atoms with E-state index in [9.17, 15) is 0 Å². The summed E-state index contributed by atoms with van der Waals surface area (Å²) < 4.78 is 6.18. The Hall–Kier alpha value is -0.000000000000000132. The van der Waals surface area contributed by atoms with Crippen molar-refractivity contribution in [2.24, 2.45) is 5.73 Å². The summed E-state index contributed by atoms with van der Waals surface area (Å²) in [6, 6.07) is 3.78. The van der Waals surface area contributed by atoms with Crippen LogP contribution in [0.4, 0.5) is 0 Å². The second-order valence-corrected chi connectivity index (χ2v) is 3.93. The molecule has 0 aliphatic heterocycles. The summed E-state index contributed by atoms with van der Waals surface area (Å²) >= 11 is 8.13. The number of methoxy groups -OCH3 is 1. The van der Waals surface area contributed by atoms with Gasteiger partial charge in [-0.25, -0.2) is 0 Å². The van der Waals surface area contributed by atoms with Gasteiger partial charge in [0.15, 0.2) is 0 Å². The molecule has 1 rings (SSSR count). The summed E-state index contributed by atoms with van der Waals surface area (Å²) in [5.74, 6) is 0.759. The third-order valence-electron chi connectivity index (χ3n) is 1.54. The van der Waals surface area contributed by atoms with Gasteiger partial charge in [-0.1, -0.05) is 11.6 Å². The van der Waals surface area contributed by atoms with Gasteiger partial charge in [-0.05, 0) is 34.7 Å². The highest BCUT2D eigenvalue weighted by molar-refractivity contribution is 14.1. The first-order chi connectivity index (χ1) is 5.69. The van der Waals surface area contributed by atoms with Crippen molar-refractivity contribution in [1.82, 2.24) is 0 Å². The van der Waals surface area contributed by atoms with Crippen LogP contribution in [0.1, 0.15) is 5.56 Å². The zero-order valence-corrected chi connectivity index (χ0v) is 9.52. The number of hydrogen-bond donors (Lipinski definition) is 1. The molecule has 0 amide bonds. The highest BCUT2D eigenvalue weighted by Crippen LogP contribution is 2.28. The van der Waals surface area contributed by atoms with E-state index in [0.29, 0.717) is 11.6 Å². The van der Waals surface area contributed by atoms with Gasteiger partial charge in [-0.15, -0.1) is 0 Å². The average Bonchev–Trinajstić information content (AvgIpc) is 2.03. The van der Waals surface area contributed by atoms with Crippen LogP contribution in [0, 0.1) is 3.57 Å². The minimum atomic E-state index is 0.402. The SMILES string of the molecule is COc1cc(I)cc(Cl)c1CN. The molecule has 0 radical (unpaired) electrons. The van der Waals surface area contributed by atoms with Crippen molar-refractivity contribution < 1.29 is 4.74 Å². The highest BCUT2D eigenvalue weighted by Gasteiger charge is 2.06. The summed E-state index contributed by atoms with van der Waals surface area (Å²) in [5.41, 5.74) is 6.37. The van der Waals surface area contributed by atoms with E-state index in [1.165, 1.54) is 0 Å². The van der Waals surface area contributed by atoms with Crippen molar-refractivity contribution >= 4 is 34.2 Å². The molecule has 1 aromatic carbocycles. The van der Waals surface area contributed by atoms with Gasteiger partial charge in [0.05, 0.1) is 7.11 Å². The highest BCUT2D eigenvalue weighted by atomic mass is 127. The molecular formula is C8H9ClINO. The Morgan fingerprint density at radius 3 is 2.75 bits per heavy atom. The summed E-state index contributed by atoms with van der Waals surface area (Å²) in [5, 5.41) is 0.668. The van der Waals surface area contributed by atoms with Crippen LogP contribution in [-0.4, -0.2) is 7.11 Å². The molecule has 0 fully saturated rings. The molecule has 2 nitrogen and oxygen atoms in total. The zero-order chi connectivity index (χ0) is 9.14. The van der Waals surface area contributed by atoms with Crippen LogP contribution in [0.2, 0.25) is 5.02 Å². The van der Waals surface area contributed by atoms with E-state index in [4.69, 9.17) is 22.1 Å². The maximum Gasteiger partial charge on any atom is 0.125 e. The smallest absolute Gasteiger partial charge is 0.125 e. The molecule has 0 saturated heterocycles. The topological polar surface area (TPSA) is 35.2 Å². The molecule has 0 atom stereocenters. The van der Waals surface area contributed by atoms with Crippen molar-refractivity contribution in [2.75, 3.05) is 7.11 Å². The number of benzene rings is 1. The number of hydrogen-bond acceptors (Lipinski definition) is 2. The Morgan fingerprint density at radius 2 is 2.25 bits per heavy atom. The first-order valence-corrected chi connectivity index (χ1v) is 4.86. The van der Waals surface area contributed by atoms with Gasteiger partial charge in [0.25, 0.3) is 0 Å². The molecule has 4 heteroatoms. The van der Waals surface area contributed by atoms with Crippen molar-refractivity contribution in [3.05, 3.63) is 26.3 Å². The molecule has 66 valence electrons. The summed E-state index contributed by atoms with van der Waals surface area (Å²) in [4.78, 5) is 0. The lowest BCUT2D eigenvalue weighted by Crippen LogP contribution is -2.01. The Balaban J connectivity index is 3.24. The molecule has 0 heterocycles. The normalized spacial score (nSPS) is 10.0. The lowest BCUT2D eigenvalue weighted by Gasteiger charge is -2.08. The van der Waals surface area contributed by atoms with Gasteiger partial charge in [0.1, 0.15) is 5.75 Å². The molecule has 0 aromatic heterocycles. The first-order valence-electron chi connectivity index (χ1n) is 3.41. The molecule has 12 heavy (non-hydrogen) atoms. The van der Waals surface area contributed by atoms with Crippen LogP contribution < -0.4 is 10.5 Å². The summed E-state index contributed by atoms with van der Waals surface area (Å²) in [7, 11) is 1.61. The number of halogens is 2. The second-order valence-electron chi connectivity index (χ2n) is 2.27. The van der Waals surface area contributed by atoms with Crippen molar-refractivity contribution in [3.8, 4) is 5.75 Å². The standard InChI is InChI=1S/C8H9ClINO/c1-12-8-3-5(10)2-7(9)6(8)4-11/h2-3H,4,11H2,1H3. The quantitative estimate of drug-likeness (QED) is 0.851. The molecule has 1 aromatic rings. The van der Waals surface area contributed by atoms with Crippen LogP contribution in [0.25, 0.3) is 0 Å². The van der Waals surface area contributed by atoms with E-state index in [1.807, 2.05) is 12.1 Å². The third-order valence-corrected chi connectivity index (χ3v) is 2.50. The zero-order valence-electron chi connectivity index (χ0n) is 6.60. The fourth-order valence-corrected chi connectivity index (χ4v) is 2.03. The Bertz CT molecular complexity index is 291. The van der Waals surface area contributed by atoms with Gasteiger partial charge in [-0.3, -0.25) is 0 Å². The monoisotopic (exact) mass is 297 g/mol. The molecule has 0 bridgehead atoms. The van der Waals surface area contributed by atoms with E-state index in [0.717, 1.165) is 14.9 Å². The minimum absolute atomic E-state index is 0.402.